The second-order valence-electron chi connectivity index (χ2n) is 6.54. The third-order valence-electron chi connectivity index (χ3n) is 4.69. The number of benzene rings is 1. The Bertz CT molecular complexity index is 447. The molecule has 110 valence electrons. The van der Waals surface area contributed by atoms with E-state index in [2.05, 4.69) is 5.32 Å². The van der Waals surface area contributed by atoms with E-state index in [-0.39, 0.29) is 17.9 Å². The van der Waals surface area contributed by atoms with Crippen molar-refractivity contribution in [1.29, 1.82) is 0 Å². The molecule has 1 saturated carbocycles. The van der Waals surface area contributed by atoms with Crippen LogP contribution in [0.15, 0.2) is 30.3 Å². The van der Waals surface area contributed by atoms with Crippen LogP contribution in [0.4, 0.5) is 0 Å². The van der Waals surface area contributed by atoms with Gasteiger partial charge in [0.2, 0.25) is 5.91 Å². The van der Waals surface area contributed by atoms with Crippen molar-refractivity contribution in [2.45, 2.75) is 44.9 Å². The zero-order valence-electron chi connectivity index (χ0n) is 12.5. The molecule has 0 bridgehead atoms. The number of aliphatic hydroxyl groups is 1. The van der Waals surface area contributed by atoms with Gasteiger partial charge < -0.3 is 10.4 Å². The smallest absolute Gasteiger partial charge is 0.230 e. The fraction of sp³-hybridized carbons (Fsp3) is 0.588. The summed E-state index contributed by atoms with van der Waals surface area (Å²) in [7, 11) is 0. The fourth-order valence-electron chi connectivity index (χ4n) is 2.99. The molecular weight excluding hydrogens is 250 g/mol. The van der Waals surface area contributed by atoms with Crippen LogP contribution < -0.4 is 5.32 Å². The maximum absolute atomic E-state index is 12.5. The van der Waals surface area contributed by atoms with Crippen LogP contribution in [0.25, 0.3) is 0 Å². The monoisotopic (exact) mass is 275 g/mol. The molecule has 1 aromatic carbocycles. The van der Waals surface area contributed by atoms with E-state index in [9.17, 15) is 9.90 Å². The molecule has 0 atom stereocenters. The zero-order chi connectivity index (χ0) is 14.6. The maximum Gasteiger partial charge on any atom is 0.230 e. The first-order valence-electron chi connectivity index (χ1n) is 7.45. The van der Waals surface area contributed by atoms with Crippen LogP contribution in [-0.2, 0) is 10.2 Å². The van der Waals surface area contributed by atoms with Crippen molar-refractivity contribution >= 4 is 5.91 Å². The highest BCUT2D eigenvalue weighted by Crippen LogP contribution is 2.37. The average Bonchev–Trinajstić information content (AvgIpc) is 2.95. The van der Waals surface area contributed by atoms with Gasteiger partial charge >= 0.3 is 0 Å². The van der Waals surface area contributed by atoms with Gasteiger partial charge in [-0.2, -0.15) is 0 Å². The minimum Gasteiger partial charge on any atom is -0.396 e. The number of nitrogens with one attached hydrogen (secondary N) is 1. The maximum atomic E-state index is 12.5. The highest BCUT2D eigenvalue weighted by Gasteiger charge is 2.36. The SMILES string of the molecule is CC(C)(C(=O)NCC1(CO)CCCC1)c1ccccc1. The van der Waals surface area contributed by atoms with Gasteiger partial charge in [-0.3, -0.25) is 4.79 Å². The number of carbonyl (C=O) groups is 1. The fourth-order valence-corrected chi connectivity index (χ4v) is 2.99. The molecule has 2 rings (SSSR count). The first-order chi connectivity index (χ1) is 9.50. The van der Waals surface area contributed by atoms with Gasteiger partial charge in [-0.05, 0) is 32.3 Å². The van der Waals surface area contributed by atoms with E-state index in [1.165, 1.54) is 0 Å². The van der Waals surface area contributed by atoms with Crippen LogP contribution >= 0.6 is 0 Å². The second kappa shape index (κ2) is 5.96. The summed E-state index contributed by atoms with van der Waals surface area (Å²) >= 11 is 0. The molecule has 1 fully saturated rings. The second-order valence-corrected chi connectivity index (χ2v) is 6.54. The number of carbonyl (C=O) groups excluding carboxylic acids is 1. The van der Waals surface area contributed by atoms with Gasteiger partial charge in [0.15, 0.2) is 0 Å². The lowest BCUT2D eigenvalue weighted by Crippen LogP contribution is -2.45. The highest BCUT2D eigenvalue weighted by molar-refractivity contribution is 5.87. The van der Waals surface area contributed by atoms with Gasteiger partial charge in [-0.1, -0.05) is 43.2 Å². The minimum absolute atomic E-state index is 0.0309. The zero-order valence-corrected chi connectivity index (χ0v) is 12.5. The summed E-state index contributed by atoms with van der Waals surface area (Å²) in [4.78, 5) is 12.5. The molecule has 2 N–H and O–H groups in total. The predicted octanol–water partition coefficient (Wildman–Crippen LogP) is 2.63. The number of hydrogen-bond donors (Lipinski definition) is 2. The number of hydrogen-bond acceptors (Lipinski definition) is 2. The first-order valence-corrected chi connectivity index (χ1v) is 7.45. The van der Waals surface area contributed by atoms with Crippen molar-refractivity contribution in [1.82, 2.24) is 5.32 Å². The molecule has 1 aromatic rings. The molecule has 20 heavy (non-hydrogen) atoms. The Morgan fingerprint density at radius 1 is 1.25 bits per heavy atom. The van der Waals surface area contributed by atoms with Crippen molar-refractivity contribution in [3.63, 3.8) is 0 Å². The molecule has 1 amide bonds. The average molecular weight is 275 g/mol. The largest absolute Gasteiger partial charge is 0.396 e. The van der Waals surface area contributed by atoms with Gasteiger partial charge in [0, 0.05) is 12.0 Å². The molecule has 0 saturated heterocycles. The van der Waals surface area contributed by atoms with E-state index in [1.54, 1.807) is 0 Å². The lowest BCUT2D eigenvalue weighted by atomic mass is 9.82. The van der Waals surface area contributed by atoms with Crippen LogP contribution in [0.2, 0.25) is 0 Å². The van der Waals surface area contributed by atoms with Crippen molar-refractivity contribution < 1.29 is 9.90 Å². The molecule has 1 aliphatic rings. The number of aliphatic hydroxyl groups excluding tert-OH is 1. The Morgan fingerprint density at radius 3 is 2.40 bits per heavy atom. The standard InChI is InChI=1S/C17H25NO2/c1-16(2,14-8-4-3-5-9-14)15(20)18-12-17(13-19)10-6-7-11-17/h3-5,8-9,19H,6-7,10-13H2,1-2H3,(H,18,20). The predicted molar refractivity (Wildman–Crippen MR) is 80.5 cm³/mol. The molecule has 0 unspecified atom stereocenters. The van der Waals surface area contributed by atoms with E-state index < -0.39 is 5.41 Å². The third-order valence-corrected chi connectivity index (χ3v) is 4.69. The molecule has 3 nitrogen and oxygen atoms in total. The molecule has 0 aromatic heterocycles. The van der Waals surface area contributed by atoms with Crippen LogP contribution in [-0.4, -0.2) is 24.2 Å². The van der Waals surface area contributed by atoms with E-state index in [1.807, 2.05) is 44.2 Å². The van der Waals surface area contributed by atoms with Crippen molar-refractivity contribution in [2.75, 3.05) is 13.2 Å². The first kappa shape index (κ1) is 15.0. The van der Waals surface area contributed by atoms with E-state index in [4.69, 9.17) is 0 Å². The summed E-state index contributed by atoms with van der Waals surface area (Å²) in [6.07, 6.45) is 4.32. The Labute approximate surface area is 121 Å². The van der Waals surface area contributed by atoms with E-state index in [0.717, 1.165) is 31.2 Å². The summed E-state index contributed by atoms with van der Waals surface area (Å²) in [5, 5.41) is 12.7. The van der Waals surface area contributed by atoms with Crippen molar-refractivity contribution in [3.05, 3.63) is 35.9 Å². The Kier molecular flexibility index (Phi) is 4.48. The van der Waals surface area contributed by atoms with Crippen LogP contribution in [0.5, 0.6) is 0 Å². The highest BCUT2D eigenvalue weighted by atomic mass is 16.3. The Hall–Kier alpha value is -1.35. The van der Waals surface area contributed by atoms with Crippen LogP contribution in [0.1, 0.15) is 45.1 Å². The normalized spacial score (nSPS) is 17.9. The summed E-state index contributed by atoms with van der Waals surface area (Å²) in [5.74, 6) is 0.0309. The Morgan fingerprint density at radius 2 is 1.85 bits per heavy atom. The number of amides is 1. The number of rotatable bonds is 5. The molecular formula is C17H25NO2. The van der Waals surface area contributed by atoms with Crippen molar-refractivity contribution in [3.8, 4) is 0 Å². The molecule has 0 aliphatic heterocycles. The molecule has 3 heteroatoms. The molecule has 0 spiro atoms. The lowest BCUT2D eigenvalue weighted by Gasteiger charge is -2.30. The van der Waals surface area contributed by atoms with Gasteiger partial charge in [0.1, 0.15) is 0 Å². The molecule has 0 radical (unpaired) electrons. The summed E-state index contributed by atoms with van der Waals surface area (Å²) < 4.78 is 0. The minimum atomic E-state index is -0.545. The van der Waals surface area contributed by atoms with Gasteiger partial charge in [-0.15, -0.1) is 0 Å². The van der Waals surface area contributed by atoms with Crippen LogP contribution in [0.3, 0.4) is 0 Å². The third kappa shape index (κ3) is 3.04. The Balaban J connectivity index is 2.01. The summed E-state index contributed by atoms with van der Waals surface area (Å²) in [6.45, 7) is 4.63. The quantitative estimate of drug-likeness (QED) is 0.868. The van der Waals surface area contributed by atoms with E-state index >= 15 is 0 Å². The van der Waals surface area contributed by atoms with Gasteiger partial charge in [0.05, 0.1) is 12.0 Å². The topological polar surface area (TPSA) is 49.3 Å². The van der Waals surface area contributed by atoms with Gasteiger partial charge in [0.25, 0.3) is 0 Å². The lowest BCUT2D eigenvalue weighted by molar-refractivity contribution is -0.126. The van der Waals surface area contributed by atoms with Gasteiger partial charge in [-0.25, -0.2) is 0 Å². The van der Waals surface area contributed by atoms with Crippen LogP contribution in [0, 0.1) is 5.41 Å². The van der Waals surface area contributed by atoms with E-state index in [0.29, 0.717) is 6.54 Å². The summed E-state index contributed by atoms with van der Waals surface area (Å²) in [6, 6.07) is 9.83. The summed E-state index contributed by atoms with van der Waals surface area (Å²) in [5.41, 5.74) is 0.376. The van der Waals surface area contributed by atoms with Crippen molar-refractivity contribution in [2.24, 2.45) is 5.41 Å². The molecule has 0 heterocycles. The molecule has 1 aliphatic carbocycles.